The standard InChI is InChI=1S/C14H19N5O/c1-10-6-8-11(9-7-10)12(20)19-14(18(4)5)15-13(16-19)17(2)3/h6-9H,1-5H3. The van der Waals surface area contributed by atoms with Crippen LogP contribution in [0.5, 0.6) is 0 Å². The Morgan fingerprint density at radius 1 is 1.05 bits per heavy atom. The molecule has 0 amide bonds. The lowest BCUT2D eigenvalue weighted by Gasteiger charge is -2.11. The van der Waals surface area contributed by atoms with Gasteiger partial charge in [-0.3, -0.25) is 4.79 Å². The van der Waals surface area contributed by atoms with E-state index in [-0.39, 0.29) is 5.91 Å². The van der Waals surface area contributed by atoms with E-state index in [0.29, 0.717) is 17.5 Å². The third-order valence-corrected chi connectivity index (χ3v) is 2.87. The van der Waals surface area contributed by atoms with Crippen molar-refractivity contribution in [2.45, 2.75) is 6.92 Å². The predicted molar refractivity (Wildman–Crippen MR) is 79.6 cm³/mol. The molecule has 6 nitrogen and oxygen atoms in total. The van der Waals surface area contributed by atoms with E-state index in [4.69, 9.17) is 0 Å². The number of aromatic nitrogens is 3. The van der Waals surface area contributed by atoms with Gasteiger partial charge in [0.1, 0.15) is 0 Å². The lowest BCUT2D eigenvalue weighted by atomic mass is 10.1. The van der Waals surface area contributed by atoms with Crippen LogP contribution in [0, 0.1) is 6.92 Å². The summed E-state index contributed by atoms with van der Waals surface area (Å²) >= 11 is 0. The molecule has 0 saturated heterocycles. The minimum Gasteiger partial charge on any atom is -0.347 e. The van der Waals surface area contributed by atoms with Crippen LogP contribution < -0.4 is 9.80 Å². The maximum absolute atomic E-state index is 12.5. The van der Waals surface area contributed by atoms with Crippen molar-refractivity contribution in [2.24, 2.45) is 0 Å². The minimum absolute atomic E-state index is 0.186. The van der Waals surface area contributed by atoms with Gasteiger partial charge in [-0.2, -0.15) is 9.67 Å². The van der Waals surface area contributed by atoms with Crippen molar-refractivity contribution in [1.82, 2.24) is 14.8 Å². The van der Waals surface area contributed by atoms with Crippen molar-refractivity contribution in [3.05, 3.63) is 35.4 Å². The maximum Gasteiger partial charge on any atom is 0.281 e. The summed E-state index contributed by atoms with van der Waals surface area (Å²) in [4.78, 5) is 20.4. The molecule has 2 rings (SSSR count). The van der Waals surface area contributed by atoms with Crippen LogP contribution in [0.1, 0.15) is 15.9 Å². The second kappa shape index (κ2) is 5.32. The quantitative estimate of drug-likeness (QED) is 0.846. The molecule has 2 aromatic rings. The summed E-state index contributed by atoms with van der Waals surface area (Å²) in [5.74, 6) is 0.836. The number of benzene rings is 1. The molecule has 0 bridgehead atoms. The summed E-state index contributed by atoms with van der Waals surface area (Å²) in [6.07, 6.45) is 0. The Balaban J connectivity index is 2.45. The Bertz CT molecular complexity index is 613. The Kier molecular flexibility index (Phi) is 3.74. The van der Waals surface area contributed by atoms with E-state index in [2.05, 4.69) is 10.1 Å². The first-order valence-corrected chi connectivity index (χ1v) is 6.33. The van der Waals surface area contributed by atoms with Gasteiger partial charge in [0.05, 0.1) is 0 Å². The Hall–Kier alpha value is -2.37. The van der Waals surface area contributed by atoms with Gasteiger partial charge in [0, 0.05) is 33.8 Å². The van der Waals surface area contributed by atoms with E-state index in [1.54, 1.807) is 21.9 Å². The van der Waals surface area contributed by atoms with Crippen molar-refractivity contribution >= 4 is 17.8 Å². The van der Waals surface area contributed by atoms with E-state index in [0.717, 1.165) is 5.56 Å². The van der Waals surface area contributed by atoms with Crippen LogP contribution in [-0.2, 0) is 0 Å². The highest BCUT2D eigenvalue weighted by Gasteiger charge is 2.19. The maximum atomic E-state index is 12.5. The van der Waals surface area contributed by atoms with Gasteiger partial charge < -0.3 is 9.80 Å². The van der Waals surface area contributed by atoms with E-state index in [1.807, 2.05) is 47.2 Å². The highest BCUT2D eigenvalue weighted by molar-refractivity contribution is 5.97. The van der Waals surface area contributed by atoms with Gasteiger partial charge in [0.25, 0.3) is 5.91 Å². The molecule has 0 atom stereocenters. The van der Waals surface area contributed by atoms with Crippen LogP contribution in [0.2, 0.25) is 0 Å². The molecule has 20 heavy (non-hydrogen) atoms. The third-order valence-electron chi connectivity index (χ3n) is 2.87. The lowest BCUT2D eigenvalue weighted by molar-refractivity contribution is 0.0947. The average molecular weight is 273 g/mol. The number of rotatable bonds is 3. The monoisotopic (exact) mass is 273 g/mol. The zero-order chi connectivity index (χ0) is 14.9. The van der Waals surface area contributed by atoms with Crippen LogP contribution in [0.15, 0.2) is 24.3 Å². The van der Waals surface area contributed by atoms with Crippen molar-refractivity contribution in [3.8, 4) is 0 Å². The van der Waals surface area contributed by atoms with Gasteiger partial charge in [-0.1, -0.05) is 17.7 Å². The molecule has 0 N–H and O–H groups in total. The van der Waals surface area contributed by atoms with E-state index in [1.165, 1.54) is 4.68 Å². The summed E-state index contributed by atoms with van der Waals surface area (Å²) in [6.45, 7) is 1.99. The molecule has 0 aliphatic rings. The molecule has 6 heteroatoms. The fourth-order valence-corrected chi connectivity index (χ4v) is 1.73. The predicted octanol–water partition coefficient (Wildman–Crippen LogP) is 1.41. The zero-order valence-corrected chi connectivity index (χ0v) is 12.5. The van der Waals surface area contributed by atoms with Gasteiger partial charge in [0.15, 0.2) is 0 Å². The Morgan fingerprint density at radius 3 is 2.15 bits per heavy atom. The van der Waals surface area contributed by atoms with Gasteiger partial charge in [-0.15, -0.1) is 5.10 Å². The fraction of sp³-hybridized carbons (Fsp3) is 0.357. The summed E-state index contributed by atoms with van der Waals surface area (Å²) in [7, 11) is 7.36. The molecular weight excluding hydrogens is 254 g/mol. The number of aryl methyl sites for hydroxylation is 1. The third kappa shape index (κ3) is 2.64. The van der Waals surface area contributed by atoms with Gasteiger partial charge >= 0.3 is 0 Å². The summed E-state index contributed by atoms with van der Waals surface area (Å²) in [5.41, 5.74) is 1.70. The first-order chi connectivity index (χ1) is 9.40. The smallest absolute Gasteiger partial charge is 0.281 e. The topological polar surface area (TPSA) is 54.3 Å². The van der Waals surface area contributed by atoms with Crippen LogP contribution in [0.3, 0.4) is 0 Å². The second-order valence-corrected chi connectivity index (χ2v) is 5.08. The summed E-state index contributed by atoms with van der Waals surface area (Å²) in [5, 5.41) is 4.27. The van der Waals surface area contributed by atoms with Gasteiger partial charge in [-0.05, 0) is 19.1 Å². The van der Waals surface area contributed by atoms with Crippen molar-refractivity contribution in [3.63, 3.8) is 0 Å². The number of nitrogens with zero attached hydrogens (tertiary/aromatic N) is 5. The number of hydrogen-bond acceptors (Lipinski definition) is 5. The average Bonchev–Trinajstić information content (AvgIpc) is 2.84. The molecular formula is C14H19N5O. The Morgan fingerprint density at radius 2 is 1.65 bits per heavy atom. The van der Waals surface area contributed by atoms with Crippen LogP contribution in [-0.4, -0.2) is 48.9 Å². The highest BCUT2D eigenvalue weighted by Crippen LogP contribution is 2.16. The molecule has 1 aromatic heterocycles. The Labute approximate surface area is 118 Å². The second-order valence-electron chi connectivity index (χ2n) is 5.08. The number of anilines is 2. The molecule has 0 fully saturated rings. The molecule has 106 valence electrons. The van der Waals surface area contributed by atoms with Crippen molar-refractivity contribution in [2.75, 3.05) is 38.0 Å². The first-order valence-electron chi connectivity index (χ1n) is 6.33. The van der Waals surface area contributed by atoms with Crippen molar-refractivity contribution < 1.29 is 4.79 Å². The van der Waals surface area contributed by atoms with Gasteiger partial charge in [0.2, 0.25) is 11.9 Å². The SMILES string of the molecule is Cc1ccc(C(=O)n2nc(N(C)C)nc2N(C)C)cc1. The molecule has 0 spiro atoms. The van der Waals surface area contributed by atoms with Crippen molar-refractivity contribution in [1.29, 1.82) is 0 Å². The molecule has 1 heterocycles. The highest BCUT2D eigenvalue weighted by atomic mass is 16.2. The zero-order valence-electron chi connectivity index (χ0n) is 12.5. The van der Waals surface area contributed by atoms with Crippen LogP contribution in [0.25, 0.3) is 0 Å². The molecule has 1 aromatic carbocycles. The molecule has 0 radical (unpaired) electrons. The minimum atomic E-state index is -0.186. The molecule has 0 aliphatic carbocycles. The number of carbonyl (C=O) groups excluding carboxylic acids is 1. The van der Waals surface area contributed by atoms with Crippen LogP contribution in [0.4, 0.5) is 11.9 Å². The van der Waals surface area contributed by atoms with Gasteiger partial charge in [-0.25, -0.2) is 0 Å². The van der Waals surface area contributed by atoms with Crippen LogP contribution >= 0.6 is 0 Å². The van der Waals surface area contributed by atoms with E-state index >= 15 is 0 Å². The molecule has 0 saturated carbocycles. The number of hydrogen-bond donors (Lipinski definition) is 0. The fourth-order valence-electron chi connectivity index (χ4n) is 1.73. The van der Waals surface area contributed by atoms with E-state index in [9.17, 15) is 4.79 Å². The summed E-state index contributed by atoms with van der Waals surface area (Å²) < 4.78 is 1.33. The summed E-state index contributed by atoms with van der Waals surface area (Å²) in [6, 6.07) is 7.42. The van der Waals surface area contributed by atoms with E-state index < -0.39 is 0 Å². The molecule has 0 unspecified atom stereocenters. The normalized spacial score (nSPS) is 10.4. The number of carbonyl (C=O) groups is 1. The largest absolute Gasteiger partial charge is 0.347 e. The molecule has 0 aliphatic heterocycles. The lowest BCUT2D eigenvalue weighted by Crippen LogP contribution is -2.21. The first kappa shape index (κ1) is 14.0.